The first-order chi connectivity index (χ1) is 28.2. The normalized spacial score (nSPS) is 11.5. The minimum absolute atomic E-state index is 0.815. The first-order valence-electron chi connectivity index (χ1n) is 19.3. The summed E-state index contributed by atoms with van der Waals surface area (Å²) in [6, 6.07) is 75.2. The van der Waals surface area contributed by atoms with E-state index in [0.717, 1.165) is 72.1 Å². The quantitative estimate of drug-likeness (QED) is 0.164. The number of fused-ring (bicyclic) bond motifs is 7. The van der Waals surface area contributed by atoms with Gasteiger partial charge in [0.2, 0.25) is 0 Å². The van der Waals surface area contributed by atoms with Crippen LogP contribution < -0.4 is 4.90 Å². The zero-order chi connectivity index (χ0) is 37.7. The van der Waals surface area contributed by atoms with Crippen molar-refractivity contribution >= 4 is 60.9 Å². The van der Waals surface area contributed by atoms with Crippen LogP contribution in [-0.2, 0) is 0 Å². The molecule has 0 radical (unpaired) electrons. The van der Waals surface area contributed by atoms with E-state index in [4.69, 9.17) is 8.83 Å². The van der Waals surface area contributed by atoms with Crippen LogP contribution in [0.1, 0.15) is 0 Å². The summed E-state index contributed by atoms with van der Waals surface area (Å²) >= 11 is 0. The summed E-state index contributed by atoms with van der Waals surface area (Å²) in [6.07, 6.45) is 0. The number of anilines is 3. The van der Waals surface area contributed by atoms with E-state index < -0.39 is 0 Å². The second-order valence-electron chi connectivity index (χ2n) is 14.5. The number of hydrogen-bond donors (Lipinski definition) is 0. The van der Waals surface area contributed by atoms with E-state index >= 15 is 0 Å². The van der Waals surface area contributed by atoms with Gasteiger partial charge in [0.1, 0.15) is 22.3 Å². The Bertz CT molecular complexity index is 3210. The van der Waals surface area contributed by atoms with E-state index in [-0.39, 0.29) is 0 Å². The summed E-state index contributed by atoms with van der Waals surface area (Å²) in [6.45, 7) is 0. The average molecular weight is 730 g/mol. The minimum atomic E-state index is 0.815. The van der Waals surface area contributed by atoms with Crippen molar-refractivity contribution < 1.29 is 8.83 Å². The Labute approximate surface area is 330 Å². The largest absolute Gasteiger partial charge is 0.456 e. The third kappa shape index (κ3) is 5.76. The summed E-state index contributed by atoms with van der Waals surface area (Å²) in [5, 5.41) is 4.24. The monoisotopic (exact) mass is 729 g/mol. The maximum Gasteiger partial charge on any atom is 0.147 e. The molecule has 9 aromatic carbocycles. The Balaban J connectivity index is 1.04. The molecule has 0 spiro atoms. The van der Waals surface area contributed by atoms with Crippen LogP contribution in [0, 0.1) is 0 Å². The van der Waals surface area contributed by atoms with Crippen molar-refractivity contribution in [2.24, 2.45) is 0 Å². The Morgan fingerprint density at radius 1 is 0.281 bits per heavy atom. The van der Waals surface area contributed by atoms with E-state index in [2.05, 4.69) is 205 Å². The van der Waals surface area contributed by atoms with Gasteiger partial charge < -0.3 is 13.7 Å². The van der Waals surface area contributed by atoms with Crippen LogP contribution in [0.25, 0.3) is 88.4 Å². The molecule has 0 aliphatic heterocycles. The average Bonchev–Trinajstić information content (AvgIpc) is 3.87. The molecule has 2 aromatic heterocycles. The van der Waals surface area contributed by atoms with Gasteiger partial charge in [-0.1, -0.05) is 146 Å². The molecule has 0 unspecified atom stereocenters. The predicted molar refractivity (Wildman–Crippen MR) is 237 cm³/mol. The Hall–Kier alpha value is -7.62. The van der Waals surface area contributed by atoms with Crippen molar-refractivity contribution in [2.75, 3.05) is 4.90 Å². The van der Waals surface area contributed by atoms with Crippen molar-refractivity contribution in [2.45, 2.75) is 0 Å². The van der Waals surface area contributed by atoms with Gasteiger partial charge in [-0.25, -0.2) is 0 Å². The van der Waals surface area contributed by atoms with E-state index in [1.165, 1.54) is 33.4 Å². The van der Waals surface area contributed by atoms with Crippen LogP contribution in [0.3, 0.4) is 0 Å². The van der Waals surface area contributed by atoms with E-state index in [9.17, 15) is 0 Å². The SMILES string of the molecule is c1ccc(-c2ccc(N(c3ccc(-c4cccc(-c5ccccc5)c4)cc3)c3cccc(-c4cccc5oc6ccc7c8ccccc8oc7c6c45)c3)cc2)cc1. The molecule has 11 rings (SSSR count). The third-order valence-corrected chi connectivity index (χ3v) is 11.1. The lowest BCUT2D eigenvalue weighted by atomic mass is 9.97. The molecule has 2 heterocycles. The topological polar surface area (TPSA) is 29.5 Å². The van der Waals surface area contributed by atoms with Gasteiger partial charge in [-0.15, -0.1) is 0 Å². The van der Waals surface area contributed by atoms with Gasteiger partial charge in [0.25, 0.3) is 0 Å². The van der Waals surface area contributed by atoms with Crippen molar-refractivity contribution in [3.8, 4) is 44.5 Å². The smallest absolute Gasteiger partial charge is 0.147 e. The summed E-state index contributed by atoms with van der Waals surface area (Å²) in [5.41, 5.74) is 15.9. The Kier molecular flexibility index (Phi) is 7.82. The van der Waals surface area contributed by atoms with Crippen LogP contribution in [0.5, 0.6) is 0 Å². The minimum Gasteiger partial charge on any atom is -0.456 e. The van der Waals surface area contributed by atoms with Gasteiger partial charge in [-0.05, 0) is 111 Å². The lowest BCUT2D eigenvalue weighted by Crippen LogP contribution is -2.10. The fraction of sp³-hybridized carbons (Fsp3) is 0. The van der Waals surface area contributed by atoms with E-state index in [1.807, 2.05) is 12.1 Å². The maximum absolute atomic E-state index is 6.54. The van der Waals surface area contributed by atoms with Crippen LogP contribution >= 0.6 is 0 Å². The highest BCUT2D eigenvalue weighted by atomic mass is 16.3. The highest BCUT2D eigenvalue weighted by Crippen LogP contribution is 2.44. The molecular formula is C54H35NO2. The number of hydrogen-bond acceptors (Lipinski definition) is 3. The van der Waals surface area contributed by atoms with Crippen molar-refractivity contribution in [3.63, 3.8) is 0 Å². The molecule has 0 atom stereocenters. The second-order valence-corrected chi connectivity index (χ2v) is 14.5. The van der Waals surface area contributed by atoms with Crippen molar-refractivity contribution in [1.29, 1.82) is 0 Å². The Morgan fingerprint density at radius 3 is 1.53 bits per heavy atom. The first-order valence-corrected chi connectivity index (χ1v) is 19.3. The standard InChI is InChI=1S/C54H35NO2/c1-3-12-36(13-4-1)38-24-28-43(29-25-38)55(44-30-26-39(27-31-44)41-17-9-16-40(34-41)37-14-5-2-6-15-37)45-19-10-18-42(35-45)46-21-11-23-50-52(46)53-51(56-50)33-32-48-47-20-7-8-22-49(47)57-54(48)53/h1-35H. The fourth-order valence-corrected chi connectivity index (χ4v) is 8.33. The van der Waals surface area contributed by atoms with Crippen molar-refractivity contribution in [3.05, 3.63) is 212 Å². The molecule has 11 aromatic rings. The van der Waals surface area contributed by atoms with Crippen LogP contribution in [0.4, 0.5) is 17.1 Å². The van der Waals surface area contributed by atoms with Gasteiger partial charge in [0.15, 0.2) is 0 Å². The molecule has 3 nitrogen and oxygen atoms in total. The van der Waals surface area contributed by atoms with Crippen LogP contribution in [0.15, 0.2) is 221 Å². The van der Waals surface area contributed by atoms with Gasteiger partial charge in [0.05, 0.1) is 5.39 Å². The maximum atomic E-state index is 6.54. The summed E-state index contributed by atoms with van der Waals surface area (Å²) in [4.78, 5) is 2.34. The summed E-state index contributed by atoms with van der Waals surface area (Å²) in [7, 11) is 0. The van der Waals surface area contributed by atoms with Gasteiger partial charge in [0, 0.05) is 33.2 Å². The molecule has 57 heavy (non-hydrogen) atoms. The van der Waals surface area contributed by atoms with Crippen LogP contribution in [-0.4, -0.2) is 0 Å². The van der Waals surface area contributed by atoms with Gasteiger partial charge in [-0.3, -0.25) is 0 Å². The lowest BCUT2D eigenvalue weighted by molar-refractivity contribution is 0.663. The zero-order valence-electron chi connectivity index (χ0n) is 31.0. The fourth-order valence-electron chi connectivity index (χ4n) is 8.33. The molecule has 0 bridgehead atoms. The molecule has 268 valence electrons. The molecule has 0 aliphatic rings. The highest BCUT2D eigenvalue weighted by Gasteiger charge is 2.20. The zero-order valence-corrected chi connectivity index (χ0v) is 31.0. The molecule has 0 N–H and O–H groups in total. The van der Waals surface area contributed by atoms with Crippen molar-refractivity contribution in [1.82, 2.24) is 0 Å². The molecular weight excluding hydrogens is 695 g/mol. The molecule has 0 fully saturated rings. The van der Waals surface area contributed by atoms with Gasteiger partial charge >= 0.3 is 0 Å². The number of rotatable bonds is 7. The molecule has 0 aliphatic carbocycles. The Morgan fingerprint density at radius 2 is 0.807 bits per heavy atom. The number of nitrogens with zero attached hydrogens (tertiary/aromatic N) is 1. The molecule has 3 heteroatoms. The lowest BCUT2D eigenvalue weighted by Gasteiger charge is -2.26. The van der Waals surface area contributed by atoms with Crippen LogP contribution in [0.2, 0.25) is 0 Å². The molecule has 0 saturated heterocycles. The molecule has 0 amide bonds. The van der Waals surface area contributed by atoms with Gasteiger partial charge in [-0.2, -0.15) is 0 Å². The second kappa shape index (κ2) is 13.6. The predicted octanol–water partition coefficient (Wildman–Crippen LogP) is 15.6. The van der Waals surface area contributed by atoms with E-state index in [1.54, 1.807) is 0 Å². The number of benzene rings is 9. The number of para-hydroxylation sites is 1. The first kappa shape index (κ1) is 32.8. The highest BCUT2D eigenvalue weighted by molar-refractivity contribution is 6.24. The summed E-state index contributed by atoms with van der Waals surface area (Å²) < 4.78 is 13.0. The van der Waals surface area contributed by atoms with E-state index in [0.29, 0.717) is 0 Å². The molecule has 0 saturated carbocycles. The third-order valence-electron chi connectivity index (χ3n) is 11.1. The number of furan rings is 2. The summed E-state index contributed by atoms with van der Waals surface area (Å²) in [5.74, 6) is 0.